The summed E-state index contributed by atoms with van der Waals surface area (Å²) in [5.74, 6) is -7.82. The summed E-state index contributed by atoms with van der Waals surface area (Å²) in [4.78, 5) is 4.64. The third-order valence-electron chi connectivity index (χ3n) is 2.29. The van der Waals surface area contributed by atoms with E-state index in [0.29, 0.717) is 0 Å². The lowest BCUT2D eigenvalue weighted by atomic mass is 10.2. The standard InChI is InChI=1S/C9H8F4N2/c10-8(11)5-15(6-9(8,12)13)7-3-1-2-4-14-7/h1-4H,5-6H2. The van der Waals surface area contributed by atoms with Crippen LogP contribution in [0.2, 0.25) is 0 Å². The molecule has 0 saturated carbocycles. The molecule has 0 radical (unpaired) electrons. The average Bonchev–Trinajstić information content (AvgIpc) is 2.38. The highest BCUT2D eigenvalue weighted by Gasteiger charge is 2.63. The molecule has 0 aliphatic carbocycles. The molecule has 0 aromatic carbocycles. The first-order valence-corrected chi connectivity index (χ1v) is 4.34. The highest BCUT2D eigenvalue weighted by molar-refractivity contribution is 5.41. The molecule has 1 aliphatic heterocycles. The van der Waals surface area contributed by atoms with Gasteiger partial charge < -0.3 is 4.90 Å². The minimum Gasteiger partial charge on any atom is -0.344 e. The van der Waals surface area contributed by atoms with E-state index in [4.69, 9.17) is 0 Å². The van der Waals surface area contributed by atoms with E-state index in [1.807, 2.05) is 0 Å². The van der Waals surface area contributed by atoms with Crippen LogP contribution >= 0.6 is 0 Å². The van der Waals surface area contributed by atoms with E-state index in [0.717, 1.165) is 4.90 Å². The lowest BCUT2D eigenvalue weighted by Crippen LogP contribution is -2.38. The summed E-state index contributed by atoms with van der Waals surface area (Å²) >= 11 is 0. The van der Waals surface area contributed by atoms with Gasteiger partial charge in [0, 0.05) is 6.20 Å². The molecular formula is C9H8F4N2. The molecule has 1 aromatic heterocycles. The van der Waals surface area contributed by atoms with Gasteiger partial charge in [-0.1, -0.05) is 6.07 Å². The van der Waals surface area contributed by atoms with E-state index in [1.165, 1.54) is 12.3 Å². The van der Waals surface area contributed by atoms with Crippen molar-refractivity contribution in [3.8, 4) is 0 Å². The second-order valence-corrected chi connectivity index (χ2v) is 3.45. The summed E-state index contributed by atoms with van der Waals surface area (Å²) in [5, 5.41) is 0. The minimum atomic E-state index is -3.98. The summed E-state index contributed by atoms with van der Waals surface area (Å²) in [6.45, 7) is -1.98. The Hall–Kier alpha value is -1.33. The predicted octanol–water partition coefficient (Wildman–Crippen LogP) is 2.17. The largest absolute Gasteiger partial charge is 0.344 e. The number of anilines is 1. The van der Waals surface area contributed by atoms with E-state index in [-0.39, 0.29) is 5.82 Å². The Kier molecular flexibility index (Phi) is 2.09. The molecule has 6 heteroatoms. The Labute approximate surface area is 83.5 Å². The topological polar surface area (TPSA) is 16.1 Å². The molecule has 82 valence electrons. The summed E-state index contributed by atoms with van der Waals surface area (Å²) in [6.07, 6.45) is 1.38. The summed E-state index contributed by atoms with van der Waals surface area (Å²) in [5.41, 5.74) is 0. The van der Waals surface area contributed by atoms with Crippen LogP contribution in [0.25, 0.3) is 0 Å². The van der Waals surface area contributed by atoms with E-state index in [2.05, 4.69) is 4.98 Å². The number of hydrogen-bond acceptors (Lipinski definition) is 2. The molecule has 2 rings (SSSR count). The fourth-order valence-corrected chi connectivity index (χ4v) is 1.47. The minimum absolute atomic E-state index is 0.148. The highest BCUT2D eigenvalue weighted by Crippen LogP contribution is 2.41. The number of halogens is 4. The maximum Gasteiger partial charge on any atom is 0.329 e. The molecule has 15 heavy (non-hydrogen) atoms. The zero-order valence-electron chi connectivity index (χ0n) is 7.63. The van der Waals surface area contributed by atoms with Crippen LogP contribution in [0.15, 0.2) is 24.4 Å². The smallest absolute Gasteiger partial charge is 0.329 e. The van der Waals surface area contributed by atoms with Crippen LogP contribution < -0.4 is 4.90 Å². The summed E-state index contributed by atoms with van der Waals surface area (Å²) < 4.78 is 51.4. The van der Waals surface area contributed by atoms with Gasteiger partial charge in [0.25, 0.3) is 0 Å². The van der Waals surface area contributed by atoms with Crippen LogP contribution in [0.1, 0.15) is 0 Å². The van der Waals surface area contributed by atoms with Crippen molar-refractivity contribution in [2.45, 2.75) is 11.8 Å². The second kappa shape index (κ2) is 3.08. The number of aromatic nitrogens is 1. The SMILES string of the molecule is FC1(F)CN(c2ccccn2)CC1(F)F. The van der Waals surface area contributed by atoms with E-state index >= 15 is 0 Å². The molecular weight excluding hydrogens is 212 g/mol. The molecule has 0 amide bonds. The molecule has 0 unspecified atom stereocenters. The number of hydrogen-bond donors (Lipinski definition) is 0. The van der Waals surface area contributed by atoms with Gasteiger partial charge in [0.05, 0.1) is 13.1 Å². The molecule has 2 heterocycles. The van der Waals surface area contributed by atoms with Crippen LogP contribution in [0, 0.1) is 0 Å². The lowest BCUT2D eigenvalue weighted by molar-refractivity contribution is -0.172. The Morgan fingerprint density at radius 1 is 1.07 bits per heavy atom. The van der Waals surface area contributed by atoms with Crippen molar-refractivity contribution in [3.63, 3.8) is 0 Å². The molecule has 1 saturated heterocycles. The first-order chi connectivity index (χ1) is 6.92. The Morgan fingerprint density at radius 3 is 2.13 bits per heavy atom. The van der Waals surface area contributed by atoms with Crippen molar-refractivity contribution < 1.29 is 17.6 Å². The monoisotopic (exact) mass is 220 g/mol. The third kappa shape index (κ3) is 1.64. The first-order valence-electron chi connectivity index (χ1n) is 4.34. The van der Waals surface area contributed by atoms with Crippen LogP contribution in [-0.4, -0.2) is 29.9 Å². The van der Waals surface area contributed by atoms with Crippen molar-refractivity contribution in [2.75, 3.05) is 18.0 Å². The third-order valence-corrected chi connectivity index (χ3v) is 2.29. The van der Waals surface area contributed by atoms with E-state index in [1.54, 1.807) is 12.1 Å². The molecule has 0 atom stereocenters. The van der Waals surface area contributed by atoms with Crippen LogP contribution in [0.4, 0.5) is 23.4 Å². The van der Waals surface area contributed by atoms with Gasteiger partial charge in [0.1, 0.15) is 5.82 Å². The van der Waals surface area contributed by atoms with Gasteiger partial charge in [-0.3, -0.25) is 0 Å². The normalized spacial score (nSPS) is 23.1. The fourth-order valence-electron chi connectivity index (χ4n) is 1.47. The summed E-state index contributed by atoms with van der Waals surface area (Å²) in [7, 11) is 0. The Balaban J connectivity index is 2.24. The lowest BCUT2D eigenvalue weighted by Gasteiger charge is -2.14. The fraction of sp³-hybridized carbons (Fsp3) is 0.444. The molecule has 0 bridgehead atoms. The highest BCUT2D eigenvalue weighted by atomic mass is 19.3. The summed E-state index contributed by atoms with van der Waals surface area (Å²) in [6, 6.07) is 4.59. The van der Waals surface area contributed by atoms with Gasteiger partial charge in [0.2, 0.25) is 0 Å². The number of rotatable bonds is 1. The number of pyridine rings is 1. The van der Waals surface area contributed by atoms with Crippen molar-refractivity contribution in [1.82, 2.24) is 4.98 Å². The van der Waals surface area contributed by atoms with Crippen molar-refractivity contribution in [3.05, 3.63) is 24.4 Å². The molecule has 1 aliphatic rings. The quantitative estimate of drug-likeness (QED) is 0.674. The maximum absolute atomic E-state index is 12.8. The maximum atomic E-state index is 12.8. The molecule has 1 fully saturated rings. The van der Waals surface area contributed by atoms with Crippen LogP contribution in [0.5, 0.6) is 0 Å². The van der Waals surface area contributed by atoms with Gasteiger partial charge in [-0.25, -0.2) is 4.98 Å². The molecule has 0 spiro atoms. The van der Waals surface area contributed by atoms with Gasteiger partial charge in [-0.15, -0.1) is 0 Å². The first kappa shape index (κ1) is 10.2. The van der Waals surface area contributed by atoms with E-state index in [9.17, 15) is 17.6 Å². The van der Waals surface area contributed by atoms with Gasteiger partial charge >= 0.3 is 11.8 Å². The van der Waals surface area contributed by atoms with Crippen LogP contribution in [0.3, 0.4) is 0 Å². The van der Waals surface area contributed by atoms with Crippen molar-refractivity contribution in [1.29, 1.82) is 0 Å². The van der Waals surface area contributed by atoms with Crippen molar-refractivity contribution >= 4 is 5.82 Å². The number of nitrogens with zero attached hydrogens (tertiary/aromatic N) is 2. The van der Waals surface area contributed by atoms with Gasteiger partial charge in [-0.2, -0.15) is 17.6 Å². The average molecular weight is 220 g/mol. The Morgan fingerprint density at radius 2 is 1.67 bits per heavy atom. The molecule has 0 N–H and O–H groups in total. The zero-order valence-corrected chi connectivity index (χ0v) is 7.63. The molecule has 1 aromatic rings. The second-order valence-electron chi connectivity index (χ2n) is 3.45. The Bertz CT molecular complexity index is 336. The van der Waals surface area contributed by atoms with E-state index < -0.39 is 24.9 Å². The van der Waals surface area contributed by atoms with Gasteiger partial charge in [0.15, 0.2) is 0 Å². The predicted molar refractivity (Wildman–Crippen MR) is 46.3 cm³/mol. The zero-order chi connectivity index (χ0) is 11.1. The molecule has 2 nitrogen and oxygen atoms in total. The van der Waals surface area contributed by atoms with Gasteiger partial charge in [-0.05, 0) is 12.1 Å². The van der Waals surface area contributed by atoms with Crippen LogP contribution in [-0.2, 0) is 0 Å². The van der Waals surface area contributed by atoms with Crippen molar-refractivity contribution in [2.24, 2.45) is 0 Å². The number of alkyl halides is 4.